The molecule has 0 aliphatic rings. The number of benzene rings is 1. The van der Waals surface area contributed by atoms with E-state index in [1.54, 1.807) is 18.2 Å². The molecule has 1 aromatic carbocycles. The molecule has 1 aromatic heterocycles. The number of carbonyl (C=O) groups excluding carboxylic acids is 1. The number of halogens is 2. The van der Waals surface area contributed by atoms with Crippen LogP contribution in [-0.2, 0) is 6.42 Å². The van der Waals surface area contributed by atoms with Crippen molar-refractivity contribution >= 4 is 37.8 Å². The first-order valence-corrected chi connectivity index (χ1v) is 7.81. The fraction of sp³-hybridized carbons (Fsp3) is 0.200. The molecule has 1 amide bonds. The number of hydrogen-bond donors (Lipinski definition) is 1. The van der Waals surface area contributed by atoms with Gasteiger partial charge in [-0.1, -0.05) is 34.1 Å². The first-order chi connectivity index (χ1) is 9.54. The molecule has 1 heterocycles. The van der Waals surface area contributed by atoms with Crippen molar-refractivity contribution in [2.45, 2.75) is 19.4 Å². The lowest BCUT2D eigenvalue weighted by Crippen LogP contribution is -2.34. The predicted molar refractivity (Wildman–Crippen MR) is 86.7 cm³/mol. The summed E-state index contributed by atoms with van der Waals surface area (Å²) in [6, 6.07) is 13.4. The summed E-state index contributed by atoms with van der Waals surface area (Å²) in [6.45, 7) is 1.98. The van der Waals surface area contributed by atoms with Crippen molar-refractivity contribution in [1.29, 1.82) is 0 Å². The summed E-state index contributed by atoms with van der Waals surface area (Å²) in [5.41, 5.74) is 1.60. The fourth-order valence-corrected chi connectivity index (χ4v) is 2.47. The second kappa shape index (κ2) is 6.99. The Balaban J connectivity index is 1.95. The highest BCUT2D eigenvalue weighted by Gasteiger charge is 2.11. The van der Waals surface area contributed by atoms with Crippen molar-refractivity contribution in [2.75, 3.05) is 0 Å². The third kappa shape index (κ3) is 4.42. The number of pyridine rings is 1. The molecule has 0 aliphatic heterocycles. The van der Waals surface area contributed by atoms with E-state index in [1.165, 1.54) is 5.56 Å². The van der Waals surface area contributed by atoms with Crippen LogP contribution < -0.4 is 5.32 Å². The Morgan fingerprint density at radius 1 is 1.20 bits per heavy atom. The summed E-state index contributed by atoms with van der Waals surface area (Å²) >= 11 is 6.67. The molecule has 0 radical (unpaired) electrons. The SMILES string of the molecule is CC(Cc1ccc(Br)cc1)NC(=O)c1cccc(Br)n1. The van der Waals surface area contributed by atoms with Gasteiger partial charge in [0.05, 0.1) is 0 Å². The smallest absolute Gasteiger partial charge is 0.270 e. The summed E-state index contributed by atoms with van der Waals surface area (Å²) in [7, 11) is 0. The van der Waals surface area contributed by atoms with E-state index < -0.39 is 0 Å². The topological polar surface area (TPSA) is 42.0 Å². The maximum absolute atomic E-state index is 12.0. The molecule has 2 aromatic rings. The molecular formula is C15H14Br2N2O. The van der Waals surface area contributed by atoms with Crippen LogP contribution in [0.1, 0.15) is 23.0 Å². The predicted octanol–water partition coefficient (Wildman–Crippen LogP) is 3.97. The Morgan fingerprint density at radius 3 is 2.55 bits per heavy atom. The first-order valence-electron chi connectivity index (χ1n) is 6.22. The maximum Gasteiger partial charge on any atom is 0.270 e. The summed E-state index contributed by atoms with van der Waals surface area (Å²) in [6.07, 6.45) is 0.785. The Kier molecular flexibility index (Phi) is 5.31. The second-order valence-corrected chi connectivity index (χ2v) is 6.28. The van der Waals surface area contributed by atoms with Crippen LogP contribution >= 0.6 is 31.9 Å². The molecule has 0 bridgehead atoms. The van der Waals surface area contributed by atoms with Gasteiger partial charge in [-0.15, -0.1) is 0 Å². The lowest BCUT2D eigenvalue weighted by Gasteiger charge is -2.13. The minimum absolute atomic E-state index is 0.0458. The number of amides is 1. The van der Waals surface area contributed by atoms with Crippen LogP contribution in [0.5, 0.6) is 0 Å². The fourth-order valence-electron chi connectivity index (χ4n) is 1.86. The van der Waals surface area contributed by atoms with Crippen molar-refractivity contribution in [3.05, 3.63) is 62.8 Å². The molecule has 0 saturated carbocycles. The van der Waals surface area contributed by atoms with Gasteiger partial charge in [-0.05, 0) is 59.1 Å². The van der Waals surface area contributed by atoms with Crippen LogP contribution in [0, 0.1) is 0 Å². The molecule has 3 nitrogen and oxygen atoms in total. The number of rotatable bonds is 4. The molecule has 104 valence electrons. The van der Waals surface area contributed by atoms with E-state index in [0.717, 1.165) is 10.9 Å². The maximum atomic E-state index is 12.0. The second-order valence-electron chi connectivity index (χ2n) is 4.55. The number of nitrogens with one attached hydrogen (secondary N) is 1. The minimum atomic E-state index is -0.157. The average molecular weight is 398 g/mol. The summed E-state index contributed by atoms with van der Waals surface area (Å²) in [5, 5.41) is 2.95. The Morgan fingerprint density at radius 2 is 1.90 bits per heavy atom. The molecule has 20 heavy (non-hydrogen) atoms. The number of nitrogens with zero attached hydrogens (tertiary/aromatic N) is 1. The van der Waals surface area contributed by atoms with Gasteiger partial charge in [0, 0.05) is 10.5 Å². The molecule has 1 N–H and O–H groups in total. The highest BCUT2D eigenvalue weighted by molar-refractivity contribution is 9.10. The van der Waals surface area contributed by atoms with Crippen molar-refractivity contribution in [3.8, 4) is 0 Å². The van der Waals surface area contributed by atoms with Gasteiger partial charge in [0.2, 0.25) is 0 Å². The lowest BCUT2D eigenvalue weighted by molar-refractivity contribution is 0.0935. The number of aromatic nitrogens is 1. The van der Waals surface area contributed by atoms with E-state index in [0.29, 0.717) is 10.3 Å². The van der Waals surface area contributed by atoms with Gasteiger partial charge >= 0.3 is 0 Å². The molecule has 0 saturated heterocycles. The molecule has 2 rings (SSSR count). The van der Waals surface area contributed by atoms with E-state index >= 15 is 0 Å². The van der Waals surface area contributed by atoms with Crippen LogP contribution in [0.3, 0.4) is 0 Å². The Hall–Kier alpha value is -1.20. The zero-order valence-corrected chi connectivity index (χ0v) is 14.1. The zero-order chi connectivity index (χ0) is 14.5. The molecule has 0 spiro atoms. The van der Waals surface area contributed by atoms with Crippen LogP contribution in [-0.4, -0.2) is 16.9 Å². The normalized spacial score (nSPS) is 11.9. The third-order valence-electron chi connectivity index (χ3n) is 2.78. The van der Waals surface area contributed by atoms with Crippen molar-refractivity contribution in [3.63, 3.8) is 0 Å². The Bertz CT molecular complexity index is 599. The number of hydrogen-bond acceptors (Lipinski definition) is 2. The average Bonchev–Trinajstić information content (AvgIpc) is 2.41. The van der Waals surface area contributed by atoms with E-state index in [1.807, 2.05) is 31.2 Å². The van der Waals surface area contributed by atoms with Crippen molar-refractivity contribution in [2.24, 2.45) is 0 Å². The van der Waals surface area contributed by atoms with Crippen LogP contribution in [0.25, 0.3) is 0 Å². The van der Waals surface area contributed by atoms with Crippen LogP contribution in [0.2, 0.25) is 0 Å². The van der Waals surface area contributed by atoms with Gasteiger partial charge in [0.1, 0.15) is 10.3 Å². The summed E-state index contributed by atoms with van der Waals surface area (Å²) < 4.78 is 1.71. The quantitative estimate of drug-likeness (QED) is 0.793. The number of carbonyl (C=O) groups is 1. The largest absolute Gasteiger partial charge is 0.348 e. The first kappa shape index (κ1) is 15.2. The standard InChI is InChI=1S/C15H14Br2N2O/c1-10(9-11-5-7-12(16)8-6-11)18-15(20)13-3-2-4-14(17)19-13/h2-8,10H,9H2,1H3,(H,18,20). The van der Waals surface area contributed by atoms with Gasteiger partial charge in [-0.25, -0.2) is 4.98 Å². The lowest BCUT2D eigenvalue weighted by atomic mass is 10.1. The van der Waals surface area contributed by atoms with Gasteiger partial charge in [0.15, 0.2) is 0 Å². The van der Waals surface area contributed by atoms with E-state index in [2.05, 4.69) is 42.2 Å². The molecule has 5 heteroatoms. The molecular weight excluding hydrogens is 384 g/mol. The summed E-state index contributed by atoms with van der Waals surface area (Å²) in [5.74, 6) is -0.157. The van der Waals surface area contributed by atoms with E-state index in [9.17, 15) is 4.79 Å². The third-order valence-corrected chi connectivity index (χ3v) is 3.75. The van der Waals surface area contributed by atoms with E-state index in [-0.39, 0.29) is 11.9 Å². The Labute approximate surface area is 135 Å². The molecule has 1 unspecified atom stereocenters. The molecule has 0 fully saturated rings. The van der Waals surface area contributed by atoms with Gasteiger partial charge in [-0.3, -0.25) is 4.79 Å². The highest BCUT2D eigenvalue weighted by Crippen LogP contribution is 2.12. The van der Waals surface area contributed by atoms with Crippen molar-refractivity contribution < 1.29 is 4.79 Å². The zero-order valence-electron chi connectivity index (χ0n) is 10.9. The molecule has 1 atom stereocenters. The monoisotopic (exact) mass is 396 g/mol. The van der Waals surface area contributed by atoms with Crippen LogP contribution in [0.4, 0.5) is 0 Å². The highest BCUT2D eigenvalue weighted by atomic mass is 79.9. The van der Waals surface area contributed by atoms with Crippen LogP contribution in [0.15, 0.2) is 51.5 Å². The molecule has 0 aliphatic carbocycles. The van der Waals surface area contributed by atoms with Gasteiger partial charge in [0.25, 0.3) is 5.91 Å². The van der Waals surface area contributed by atoms with Gasteiger partial charge < -0.3 is 5.32 Å². The minimum Gasteiger partial charge on any atom is -0.348 e. The summed E-state index contributed by atoms with van der Waals surface area (Å²) in [4.78, 5) is 16.2. The van der Waals surface area contributed by atoms with Crippen molar-refractivity contribution in [1.82, 2.24) is 10.3 Å². The van der Waals surface area contributed by atoms with Gasteiger partial charge in [-0.2, -0.15) is 0 Å². The van der Waals surface area contributed by atoms with E-state index in [4.69, 9.17) is 0 Å².